The molecule has 0 aromatic carbocycles. The summed E-state index contributed by atoms with van der Waals surface area (Å²) >= 11 is 0. The van der Waals surface area contributed by atoms with Crippen LogP contribution in [0.3, 0.4) is 0 Å². The normalized spacial score (nSPS) is 19.3. The smallest absolute Gasteiger partial charge is 0.0330 e. The third kappa shape index (κ3) is 4.22. The van der Waals surface area contributed by atoms with Gasteiger partial charge in [0, 0.05) is 25.2 Å². The van der Waals surface area contributed by atoms with Gasteiger partial charge in [-0.2, -0.15) is 0 Å². The number of nitrogens with zero attached hydrogens (tertiary/aromatic N) is 2. The minimum absolute atomic E-state index is 0.349. The quantitative estimate of drug-likeness (QED) is 0.716. The molecular weight excluding hydrogens is 222 g/mol. The standard InChI is InChI=1S/C15H33N3/c1-7-16-11-14(2,3)12-18(6)13-15(17(4)5)9-8-10-15/h16H,7-13H2,1-6H3. The van der Waals surface area contributed by atoms with Crippen LogP contribution in [0.15, 0.2) is 0 Å². The molecule has 0 radical (unpaired) electrons. The van der Waals surface area contributed by atoms with Gasteiger partial charge >= 0.3 is 0 Å². The maximum absolute atomic E-state index is 3.47. The van der Waals surface area contributed by atoms with Crippen molar-refractivity contribution >= 4 is 0 Å². The zero-order chi connectivity index (χ0) is 13.8. The van der Waals surface area contributed by atoms with E-state index in [-0.39, 0.29) is 0 Å². The Hall–Kier alpha value is -0.120. The molecule has 3 nitrogen and oxygen atoms in total. The molecule has 1 aliphatic rings. The molecule has 1 aliphatic carbocycles. The van der Waals surface area contributed by atoms with Crippen LogP contribution in [-0.4, -0.2) is 62.7 Å². The van der Waals surface area contributed by atoms with E-state index in [9.17, 15) is 0 Å². The van der Waals surface area contributed by atoms with Crippen molar-refractivity contribution in [2.45, 2.75) is 45.6 Å². The molecular formula is C15H33N3. The van der Waals surface area contributed by atoms with Crippen LogP contribution in [0.2, 0.25) is 0 Å². The number of hydrogen-bond donors (Lipinski definition) is 1. The molecule has 1 fully saturated rings. The number of hydrogen-bond acceptors (Lipinski definition) is 3. The summed E-state index contributed by atoms with van der Waals surface area (Å²) in [5.74, 6) is 0. The number of likely N-dealkylation sites (N-methyl/N-ethyl adjacent to an activating group) is 2. The molecule has 18 heavy (non-hydrogen) atoms. The molecule has 1 saturated carbocycles. The molecule has 0 atom stereocenters. The predicted octanol–water partition coefficient (Wildman–Crippen LogP) is 2.04. The summed E-state index contributed by atoms with van der Waals surface area (Å²) in [6.07, 6.45) is 4.11. The van der Waals surface area contributed by atoms with Crippen molar-refractivity contribution in [3.05, 3.63) is 0 Å². The first-order valence-electron chi connectivity index (χ1n) is 7.38. The second-order valence-corrected chi connectivity index (χ2v) is 7.09. The largest absolute Gasteiger partial charge is 0.316 e. The molecule has 0 saturated heterocycles. The van der Waals surface area contributed by atoms with Gasteiger partial charge in [0.2, 0.25) is 0 Å². The van der Waals surface area contributed by atoms with E-state index in [4.69, 9.17) is 0 Å². The van der Waals surface area contributed by atoms with Gasteiger partial charge in [-0.1, -0.05) is 20.8 Å². The fraction of sp³-hybridized carbons (Fsp3) is 1.00. The van der Waals surface area contributed by atoms with Gasteiger partial charge in [-0.05, 0) is 52.4 Å². The molecule has 108 valence electrons. The predicted molar refractivity (Wildman–Crippen MR) is 80.1 cm³/mol. The first-order chi connectivity index (χ1) is 8.31. The van der Waals surface area contributed by atoms with Crippen molar-refractivity contribution in [1.29, 1.82) is 0 Å². The summed E-state index contributed by atoms with van der Waals surface area (Å²) in [6.45, 7) is 11.4. The third-order valence-electron chi connectivity index (χ3n) is 4.35. The van der Waals surface area contributed by atoms with Crippen LogP contribution >= 0.6 is 0 Å². The van der Waals surface area contributed by atoms with Gasteiger partial charge < -0.3 is 15.1 Å². The zero-order valence-electron chi connectivity index (χ0n) is 13.3. The Morgan fingerprint density at radius 3 is 2.17 bits per heavy atom. The van der Waals surface area contributed by atoms with Crippen LogP contribution in [0.5, 0.6) is 0 Å². The Morgan fingerprint density at radius 1 is 1.17 bits per heavy atom. The van der Waals surface area contributed by atoms with E-state index in [1.54, 1.807) is 0 Å². The first kappa shape index (κ1) is 15.9. The van der Waals surface area contributed by atoms with Gasteiger partial charge in [0.05, 0.1) is 0 Å². The monoisotopic (exact) mass is 255 g/mol. The van der Waals surface area contributed by atoms with E-state index >= 15 is 0 Å². The average Bonchev–Trinajstić information content (AvgIpc) is 2.19. The highest BCUT2D eigenvalue weighted by Crippen LogP contribution is 2.37. The third-order valence-corrected chi connectivity index (χ3v) is 4.35. The maximum Gasteiger partial charge on any atom is 0.0330 e. The van der Waals surface area contributed by atoms with Gasteiger partial charge in [-0.25, -0.2) is 0 Å². The highest BCUT2D eigenvalue weighted by molar-refractivity contribution is 4.98. The highest BCUT2D eigenvalue weighted by atomic mass is 15.2. The van der Waals surface area contributed by atoms with Crippen LogP contribution < -0.4 is 5.32 Å². The van der Waals surface area contributed by atoms with Crippen molar-refractivity contribution < 1.29 is 0 Å². The van der Waals surface area contributed by atoms with Gasteiger partial charge in [0.1, 0.15) is 0 Å². The van der Waals surface area contributed by atoms with Crippen molar-refractivity contribution in [3.8, 4) is 0 Å². The number of nitrogens with one attached hydrogen (secondary N) is 1. The molecule has 1 rings (SSSR count). The minimum atomic E-state index is 0.349. The summed E-state index contributed by atoms with van der Waals surface area (Å²) < 4.78 is 0. The molecule has 0 heterocycles. The van der Waals surface area contributed by atoms with Crippen LogP contribution in [0.1, 0.15) is 40.0 Å². The Labute approximate surface area is 114 Å². The van der Waals surface area contributed by atoms with Crippen molar-refractivity contribution in [2.24, 2.45) is 5.41 Å². The fourth-order valence-electron chi connectivity index (χ4n) is 3.14. The Morgan fingerprint density at radius 2 is 1.78 bits per heavy atom. The van der Waals surface area contributed by atoms with Gasteiger partial charge in [-0.15, -0.1) is 0 Å². The van der Waals surface area contributed by atoms with Crippen molar-refractivity contribution in [3.63, 3.8) is 0 Å². The molecule has 1 N–H and O–H groups in total. The van der Waals surface area contributed by atoms with Crippen LogP contribution in [0, 0.1) is 5.41 Å². The van der Waals surface area contributed by atoms with E-state index in [2.05, 4.69) is 57.0 Å². The van der Waals surface area contributed by atoms with E-state index in [1.807, 2.05) is 0 Å². The van der Waals surface area contributed by atoms with Crippen LogP contribution in [0.25, 0.3) is 0 Å². The Kier molecular flexibility index (Phi) is 5.63. The molecule has 0 amide bonds. The summed E-state index contributed by atoms with van der Waals surface area (Å²) in [4.78, 5) is 4.96. The lowest BCUT2D eigenvalue weighted by Gasteiger charge is -2.50. The van der Waals surface area contributed by atoms with Crippen molar-refractivity contribution in [2.75, 3.05) is 47.3 Å². The van der Waals surface area contributed by atoms with Gasteiger partial charge in [-0.3, -0.25) is 0 Å². The molecule has 0 aliphatic heterocycles. The van der Waals surface area contributed by atoms with Gasteiger partial charge in [0.15, 0.2) is 0 Å². The lowest BCUT2D eigenvalue weighted by molar-refractivity contribution is 0.0189. The molecule has 0 aromatic heterocycles. The lowest BCUT2D eigenvalue weighted by atomic mass is 9.75. The molecule has 3 heteroatoms. The second-order valence-electron chi connectivity index (χ2n) is 7.09. The summed E-state index contributed by atoms with van der Waals surface area (Å²) in [7, 11) is 6.74. The Balaban J connectivity index is 2.43. The molecule has 0 aromatic rings. The summed E-state index contributed by atoms with van der Waals surface area (Å²) in [5, 5.41) is 3.47. The van der Waals surface area contributed by atoms with E-state index in [1.165, 1.54) is 25.8 Å². The molecule has 0 unspecified atom stereocenters. The van der Waals surface area contributed by atoms with Crippen LogP contribution in [0.4, 0.5) is 0 Å². The van der Waals surface area contributed by atoms with E-state index in [0.717, 1.165) is 19.6 Å². The SMILES string of the molecule is CCNCC(C)(C)CN(C)CC1(N(C)C)CCC1. The topological polar surface area (TPSA) is 18.5 Å². The van der Waals surface area contributed by atoms with Crippen molar-refractivity contribution in [1.82, 2.24) is 15.1 Å². The van der Waals surface area contributed by atoms with E-state index < -0.39 is 0 Å². The second kappa shape index (κ2) is 6.36. The van der Waals surface area contributed by atoms with E-state index in [0.29, 0.717) is 11.0 Å². The molecule has 0 spiro atoms. The number of rotatable bonds is 8. The summed E-state index contributed by atoms with van der Waals surface area (Å²) in [6, 6.07) is 0. The minimum Gasteiger partial charge on any atom is -0.316 e. The Bertz CT molecular complexity index is 244. The maximum atomic E-state index is 3.47. The average molecular weight is 255 g/mol. The zero-order valence-corrected chi connectivity index (χ0v) is 13.3. The lowest BCUT2D eigenvalue weighted by Crippen LogP contribution is -2.57. The summed E-state index contributed by atoms with van der Waals surface area (Å²) in [5.41, 5.74) is 0.797. The fourth-order valence-corrected chi connectivity index (χ4v) is 3.14. The van der Waals surface area contributed by atoms with Gasteiger partial charge in [0.25, 0.3) is 0 Å². The molecule has 0 bridgehead atoms. The highest BCUT2D eigenvalue weighted by Gasteiger charge is 2.40. The van der Waals surface area contributed by atoms with Crippen LogP contribution in [-0.2, 0) is 0 Å². The first-order valence-corrected chi connectivity index (χ1v) is 7.38.